The molecule has 39 heavy (non-hydrogen) atoms. The topological polar surface area (TPSA) is 54.0 Å². The van der Waals surface area contributed by atoms with Gasteiger partial charge in [-0.3, -0.25) is 0 Å². The lowest BCUT2D eigenvalue weighted by molar-refractivity contribution is 0.0306. The second-order valence-electron chi connectivity index (χ2n) is 15.1. The first kappa shape index (κ1) is 34.3. The molecule has 0 spiro atoms. The van der Waals surface area contributed by atoms with Gasteiger partial charge in [-0.05, 0) is 67.0 Å². The minimum Gasteiger partial charge on any atom is -0.438 e. The molecule has 0 aromatic rings. The summed E-state index contributed by atoms with van der Waals surface area (Å²) in [6.45, 7) is 29.8. The number of carbonyl (C=O) groups is 1. The molecule has 0 saturated heterocycles. The maximum Gasteiger partial charge on any atom is 0.508 e. The van der Waals surface area contributed by atoms with Gasteiger partial charge in [0, 0.05) is 11.8 Å². The second kappa shape index (κ2) is 13.4. The second-order valence-corrected chi connectivity index (χ2v) is 24.6. The van der Waals surface area contributed by atoms with E-state index in [9.17, 15) is 4.79 Å². The SMILES string of the molecule is C=C1C[C@@H]2[C@H](/C=C/[C@H](CCCCCC)O[Si](C)(C)C(C)(C)C)[C@H](O[Si](C)(C)C(C)(C)C)C[C@@H]2C1OC(=O)OC. The van der Waals surface area contributed by atoms with Gasteiger partial charge >= 0.3 is 6.16 Å². The third-order valence-corrected chi connectivity index (χ3v) is 19.1. The highest BCUT2D eigenvalue weighted by atomic mass is 28.4. The van der Waals surface area contributed by atoms with E-state index in [4.69, 9.17) is 18.3 Å². The van der Waals surface area contributed by atoms with Crippen LogP contribution in [0.5, 0.6) is 0 Å². The van der Waals surface area contributed by atoms with Crippen LogP contribution in [-0.2, 0) is 18.3 Å². The first-order valence-electron chi connectivity index (χ1n) is 15.3. The Balaban J connectivity index is 2.37. The summed E-state index contributed by atoms with van der Waals surface area (Å²) in [6, 6.07) is 0. The summed E-state index contributed by atoms with van der Waals surface area (Å²) in [7, 11) is -2.56. The van der Waals surface area contributed by atoms with Gasteiger partial charge in [0.1, 0.15) is 6.10 Å². The van der Waals surface area contributed by atoms with Gasteiger partial charge < -0.3 is 18.3 Å². The fourth-order valence-electron chi connectivity index (χ4n) is 5.56. The molecule has 6 atom stereocenters. The molecule has 2 fully saturated rings. The van der Waals surface area contributed by atoms with Gasteiger partial charge in [0.2, 0.25) is 0 Å². The van der Waals surface area contributed by atoms with Crippen molar-refractivity contribution in [1.82, 2.24) is 0 Å². The predicted molar refractivity (Wildman–Crippen MR) is 168 cm³/mol. The van der Waals surface area contributed by atoms with Gasteiger partial charge in [-0.1, -0.05) is 92.9 Å². The molecule has 0 aliphatic heterocycles. The van der Waals surface area contributed by atoms with Gasteiger partial charge in [0.05, 0.1) is 19.3 Å². The number of rotatable bonds is 12. The Labute approximate surface area is 242 Å². The van der Waals surface area contributed by atoms with Crippen molar-refractivity contribution < 1.29 is 23.1 Å². The summed E-state index contributed by atoms with van der Waals surface area (Å²) in [5.41, 5.74) is 0.994. The Kier molecular flexibility index (Phi) is 11.8. The summed E-state index contributed by atoms with van der Waals surface area (Å²) in [6.07, 6.45) is 11.8. The van der Waals surface area contributed by atoms with E-state index < -0.39 is 22.8 Å². The van der Waals surface area contributed by atoms with Crippen LogP contribution in [-0.4, -0.2) is 48.2 Å². The van der Waals surface area contributed by atoms with Crippen LogP contribution in [0.4, 0.5) is 4.79 Å². The standard InChI is InChI=1S/C32H60O5Si2/c1-14-15-16-17-18-24(36-38(10,11)31(3,4)5)19-20-25-26-21-23(2)29(35-30(33)34-9)27(26)22-28(25)37-39(12,13)32(6,7)8/h19-20,24-29H,2,14-18,21-22H2,1,3-13H3/b20-19+/t24-,25-,26+,27-,28+,29?/m0/s1. The lowest BCUT2D eigenvalue weighted by Gasteiger charge is -2.40. The molecule has 2 aliphatic rings. The molecular formula is C32H60O5Si2. The predicted octanol–water partition coefficient (Wildman–Crippen LogP) is 9.66. The first-order valence-corrected chi connectivity index (χ1v) is 21.1. The summed E-state index contributed by atoms with van der Waals surface area (Å²) in [5.74, 6) is 0.783. The highest BCUT2D eigenvalue weighted by Crippen LogP contribution is 2.54. The molecule has 2 saturated carbocycles. The van der Waals surface area contributed by atoms with Crippen molar-refractivity contribution in [2.24, 2.45) is 17.8 Å². The van der Waals surface area contributed by atoms with Crippen molar-refractivity contribution >= 4 is 22.8 Å². The largest absolute Gasteiger partial charge is 0.508 e. The van der Waals surface area contributed by atoms with Gasteiger partial charge in [0.25, 0.3) is 0 Å². The van der Waals surface area contributed by atoms with Crippen molar-refractivity contribution in [2.45, 2.75) is 148 Å². The number of methoxy groups -OCH3 is 1. The molecule has 0 heterocycles. The molecule has 7 heteroatoms. The monoisotopic (exact) mass is 580 g/mol. The number of carbonyl (C=O) groups excluding carboxylic acids is 1. The molecule has 0 bridgehead atoms. The number of fused-ring (bicyclic) bond motifs is 1. The van der Waals surface area contributed by atoms with E-state index in [2.05, 4.69) is 93.4 Å². The van der Waals surface area contributed by atoms with E-state index in [1.165, 1.54) is 32.8 Å². The van der Waals surface area contributed by atoms with Gasteiger partial charge in [-0.25, -0.2) is 4.79 Å². The van der Waals surface area contributed by atoms with E-state index in [1.807, 2.05) is 0 Å². The van der Waals surface area contributed by atoms with E-state index in [0.717, 1.165) is 24.8 Å². The Morgan fingerprint density at radius 1 is 1.00 bits per heavy atom. The molecule has 0 amide bonds. The third-order valence-electron chi connectivity index (χ3n) is 10.1. The molecule has 0 radical (unpaired) electrons. The average Bonchev–Trinajstić information content (AvgIpc) is 3.27. The molecule has 1 unspecified atom stereocenters. The minimum atomic E-state index is -2.00. The Morgan fingerprint density at radius 2 is 1.62 bits per heavy atom. The highest BCUT2D eigenvalue weighted by Gasteiger charge is 2.54. The van der Waals surface area contributed by atoms with E-state index in [1.54, 1.807) is 0 Å². The van der Waals surface area contributed by atoms with Crippen LogP contribution in [0, 0.1) is 17.8 Å². The normalized spacial score (nSPS) is 27.2. The molecule has 0 aromatic carbocycles. The summed E-state index contributed by atoms with van der Waals surface area (Å²) < 4.78 is 24.6. The fourth-order valence-corrected chi connectivity index (χ4v) is 8.23. The molecular weight excluding hydrogens is 521 g/mol. The summed E-state index contributed by atoms with van der Waals surface area (Å²) in [5, 5.41) is 0.286. The maximum absolute atomic E-state index is 12.1. The Morgan fingerprint density at radius 3 is 2.15 bits per heavy atom. The van der Waals surface area contributed by atoms with Gasteiger partial charge in [-0.15, -0.1) is 0 Å². The minimum absolute atomic E-state index is 0.0996. The summed E-state index contributed by atoms with van der Waals surface area (Å²) in [4.78, 5) is 12.1. The van der Waals surface area contributed by atoms with Crippen molar-refractivity contribution in [3.63, 3.8) is 0 Å². The van der Waals surface area contributed by atoms with E-state index in [-0.39, 0.29) is 40.2 Å². The van der Waals surface area contributed by atoms with Crippen molar-refractivity contribution in [2.75, 3.05) is 7.11 Å². The van der Waals surface area contributed by atoms with Crippen LogP contribution >= 0.6 is 0 Å². The van der Waals surface area contributed by atoms with Crippen LogP contribution in [0.2, 0.25) is 36.3 Å². The molecule has 0 N–H and O–H groups in total. The van der Waals surface area contributed by atoms with Crippen LogP contribution in [0.25, 0.3) is 0 Å². The molecule has 226 valence electrons. The molecule has 0 aromatic heterocycles. The Bertz CT molecular complexity index is 852. The van der Waals surface area contributed by atoms with Crippen LogP contribution in [0.1, 0.15) is 93.4 Å². The zero-order valence-electron chi connectivity index (χ0n) is 27.3. The molecule has 2 rings (SSSR count). The number of hydrogen-bond acceptors (Lipinski definition) is 5. The zero-order valence-corrected chi connectivity index (χ0v) is 29.3. The van der Waals surface area contributed by atoms with Crippen molar-refractivity contribution in [1.29, 1.82) is 0 Å². The van der Waals surface area contributed by atoms with Crippen LogP contribution < -0.4 is 0 Å². The van der Waals surface area contributed by atoms with E-state index in [0.29, 0.717) is 5.92 Å². The van der Waals surface area contributed by atoms with Crippen LogP contribution in [0.3, 0.4) is 0 Å². The number of unbranched alkanes of at least 4 members (excludes halogenated alkanes) is 3. The van der Waals surface area contributed by atoms with Crippen molar-refractivity contribution in [3.05, 3.63) is 24.3 Å². The van der Waals surface area contributed by atoms with Crippen LogP contribution in [0.15, 0.2) is 24.3 Å². The van der Waals surface area contributed by atoms with Crippen molar-refractivity contribution in [3.8, 4) is 0 Å². The average molecular weight is 581 g/mol. The number of ether oxygens (including phenoxy) is 2. The lowest BCUT2D eigenvalue weighted by atomic mass is 9.90. The van der Waals surface area contributed by atoms with E-state index >= 15 is 0 Å². The van der Waals surface area contributed by atoms with Gasteiger partial charge in [0.15, 0.2) is 16.6 Å². The third kappa shape index (κ3) is 8.79. The molecule has 2 aliphatic carbocycles. The Hall–Kier alpha value is -0.896. The highest BCUT2D eigenvalue weighted by molar-refractivity contribution is 6.74. The first-order chi connectivity index (χ1) is 17.8. The fraction of sp³-hybridized carbons (Fsp3) is 0.844. The maximum atomic E-state index is 12.1. The smallest absolute Gasteiger partial charge is 0.438 e. The molecule has 5 nitrogen and oxygen atoms in total. The van der Waals surface area contributed by atoms with Gasteiger partial charge in [-0.2, -0.15) is 0 Å². The quantitative estimate of drug-likeness (QED) is 0.0995. The summed E-state index contributed by atoms with van der Waals surface area (Å²) >= 11 is 0. The lowest BCUT2D eigenvalue weighted by Crippen LogP contribution is -2.45. The number of hydrogen-bond donors (Lipinski definition) is 0. The zero-order chi connectivity index (χ0) is 29.8.